The number of nitrogens with zero attached hydrogens (tertiary/aromatic N) is 2. The molecular weight excluding hydrogens is 285 g/mol. The highest BCUT2D eigenvalue weighted by Crippen LogP contribution is 2.19. The molecule has 0 spiro atoms. The predicted octanol–water partition coefficient (Wildman–Crippen LogP) is 2.74. The van der Waals surface area contributed by atoms with E-state index < -0.39 is 31.3 Å². The molecule has 0 bridgehead atoms. The van der Waals surface area contributed by atoms with Gasteiger partial charge < -0.3 is 9.64 Å². The highest BCUT2D eigenvalue weighted by Gasteiger charge is 2.34. The highest BCUT2D eigenvalue weighted by molar-refractivity contribution is 5.78. The van der Waals surface area contributed by atoms with Crippen molar-refractivity contribution in [2.75, 3.05) is 13.2 Å². The van der Waals surface area contributed by atoms with Crippen molar-refractivity contribution in [3.63, 3.8) is 0 Å². The molecule has 1 rings (SSSR count). The molecule has 0 saturated heterocycles. The Balaban J connectivity index is 2.73. The third-order valence-corrected chi connectivity index (χ3v) is 2.65. The molecule has 0 radical (unpaired) electrons. The SMILES string of the molecule is CC(C)N(CC(F)(F)F)C(=O)COc1ccccc1C#N. The number of rotatable bonds is 5. The third kappa shape index (κ3) is 5.34. The minimum absolute atomic E-state index is 0.170. The van der Waals surface area contributed by atoms with E-state index in [1.165, 1.54) is 26.0 Å². The summed E-state index contributed by atoms with van der Waals surface area (Å²) in [4.78, 5) is 12.5. The van der Waals surface area contributed by atoms with Gasteiger partial charge in [-0.15, -0.1) is 0 Å². The van der Waals surface area contributed by atoms with Gasteiger partial charge in [0.25, 0.3) is 5.91 Å². The number of nitriles is 1. The standard InChI is InChI=1S/C14H15F3N2O2/c1-10(2)19(9-14(15,16)17)13(20)8-21-12-6-4-3-5-11(12)7-18/h3-6,10H,8-9H2,1-2H3. The first-order valence-corrected chi connectivity index (χ1v) is 6.22. The number of alkyl halides is 3. The van der Waals surface area contributed by atoms with Crippen LogP contribution in [0.2, 0.25) is 0 Å². The fraction of sp³-hybridized carbons (Fsp3) is 0.429. The van der Waals surface area contributed by atoms with Gasteiger partial charge in [-0.25, -0.2) is 0 Å². The van der Waals surface area contributed by atoms with Gasteiger partial charge in [0.2, 0.25) is 0 Å². The number of carbonyl (C=O) groups is 1. The lowest BCUT2D eigenvalue weighted by Crippen LogP contribution is -2.45. The normalized spacial score (nSPS) is 11.1. The molecule has 0 aliphatic carbocycles. The van der Waals surface area contributed by atoms with Crippen molar-refractivity contribution >= 4 is 5.91 Å². The summed E-state index contributed by atoms with van der Waals surface area (Å²) >= 11 is 0. The van der Waals surface area contributed by atoms with Gasteiger partial charge in [0, 0.05) is 6.04 Å². The van der Waals surface area contributed by atoms with Crippen LogP contribution in [0.1, 0.15) is 19.4 Å². The molecule has 1 aromatic rings. The van der Waals surface area contributed by atoms with Crippen molar-refractivity contribution in [1.29, 1.82) is 5.26 Å². The first kappa shape index (κ1) is 16.8. The Bertz CT molecular complexity index is 536. The summed E-state index contributed by atoms with van der Waals surface area (Å²) in [5.74, 6) is -0.612. The van der Waals surface area contributed by atoms with Crippen LogP contribution in [0.15, 0.2) is 24.3 Å². The minimum atomic E-state index is -4.47. The lowest BCUT2D eigenvalue weighted by atomic mass is 10.2. The molecule has 0 aliphatic heterocycles. The van der Waals surface area contributed by atoms with E-state index in [2.05, 4.69) is 0 Å². The van der Waals surface area contributed by atoms with Crippen molar-refractivity contribution in [3.8, 4) is 11.8 Å². The van der Waals surface area contributed by atoms with Crippen molar-refractivity contribution in [3.05, 3.63) is 29.8 Å². The van der Waals surface area contributed by atoms with Crippen LogP contribution in [0.4, 0.5) is 13.2 Å². The Hall–Kier alpha value is -2.23. The monoisotopic (exact) mass is 300 g/mol. The Labute approximate surface area is 120 Å². The maximum atomic E-state index is 12.4. The van der Waals surface area contributed by atoms with Gasteiger partial charge in [-0.05, 0) is 26.0 Å². The summed E-state index contributed by atoms with van der Waals surface area (Å²) in [5.41, 5.74) is 0.220. The zero-order valence-corrected chi connectivity index (χ0v) is 11.6. The molecule has 0 N–H and O–H groups in total. The van der Waals surface area contributed by atoms with E-state index in [4.69, 9.17) is 10.00 Å². The summed E-state index contributed by atoms with van der Waals surface area (Å²) in [5, 5.41) is 8.86. The molecular formula is C14H15F3N2O2. The van der Waals surface area contributed by atoms with E-state index >= 15 is 0 Å². The number of hydrogen-bond acceptors (Lipinski definition) is 3. The summed E-state index contributed by atoms with van der Waals surface area (Å²) < 4.78 is 42.4. The van der Waals surface area contributed by atoms with Crippen LogP contribution in [0, 0.1) is 11.3 Å². The molecule has 0 aromatic heterocycles. The Morgan fingerprint density at radius 3 is 2.52 bits per heavy atom. The Kier molecular flexibility index (Phi) is 5.59. The lowest BCUT2D eigenvalue weighted by molar-refractivity contribution is -0.165. The summed E-state index contributed by atoms with van der Waals surface area (Å²) in [6.07, 6.45) is -4.47. The van der Waals surface area contributed by atoms with E-state index in [9.17, 15) is 18.0 Å². The number of carbonyl (C=O) groups excluding carboxylic acids is 1. The lowest BCUT2D eigenvalue weighted by Gasteiger charge is -2.27. The molecule has 1 amide bonds. The smallest absolute Gasteiger partial charge is 0.406 e. The summed E-state index contributed by atoms with van der Waals surface area (Å²) in [7, 11) is 0. The van der Waals surface area contributed by atoms with Crippen LogP contribution in [0.5, 0.6) is 5.75 Å². The van der Waals surface area contributed by atoms with Crippen LogP contribution in [0.3, 0.4) is 0 Å². The number of benzene rings is 1. The fourth-order valence-corrected chi connectivity index (χ4v) is 1.66. The largest absolute Gasteiger partial charge is 0.482 e. The van der Waals surface area contributed by atoms with Gasteiger partial charge in [0.05, 0.1) is 5.56 Å². The van der Waals surface area contributed by atoms with Gasteiger partial charge in [-0.3, -0.25) is 4.79 Å². The van der Waals surface area contributed by atoms with Gasteiger partial charge >= 0.3 is 6.18 Å². The van der Waals surface area contributed by atoms with Gasteiger partial charge in [0.1, 0.15) is 18.4 Å². The highest BCUT2D eigenvalue weighted by atomic mass is 19.4. The Morgan fingerprint density at radius 1 is 1.38 bits per heavy atom. The van der Waals surface area contributed by atoms with Crippen molar-refractivity contribution < 1.29 is 22.7 Å². The summed E-state index contributed by atoms with van der Waals surface area (Å²) in [6, 6.07) is 7.48. The van der Waals surface area contributed by atoms with Crippen LogP contribution < -0.4 is 4.74 Å². The second-order valence-corrected chi connectivity index (χ2v) is 4.63. The number of hydrogen-bond donors (Lipinski definition) is 0. The van der Waals surface area contributed by atoms with Gasteiger partial charge in [-0.2, -0.15) is 18.4 Å². The van der Waals surface area contributed by atoms with Crippen LogP contribution in [-0.4, -0.2) is 36.2 Å². The third-order valence-electron chi connectivity index (χ3n) is 2.65. The number of halogens is 3. The summed E-state index contributed by atoms with van der Waals surface area (Å²) in [6.45, 7) is 1.11. The molecule has 21 heavy (non-hydrogen) atoms. The van der Waals surface area contributed by atoms with E-state index in [-0.39, 0.29) is 11.3 Å². The van der Waals surface area contributed by atoms with Crippen LogP contribution in [-0.2, 0) is 4.79 Å². The number of para-hydroxylation sites is 1. The van der Waals surface area contributed by atoms with E-state index in [0.29, 0.717) is 4.90 Å². The van der Waals surface area contributed by atoms with Gasteiger partial charge in [-0.1, -0.05) is 12.1 Å². The number of ether oxygens (including phenoxy) is 1. The maximum absolute atomic E-state index is 12.4. The van der Waals surface area contributed by atoms with E-state index in [0.717, 1.165) is 0 Å². The van der Waals surface area contributed by atoms with E-state index in [1.54, 1.807) is 12.1 Å². The zero-order chi connectivity index (χ0) is 16.0. The van der Waals surface area contributed by atoms with Crippen molar-refractivity contribution in [2.45, 2.75) is 26.1 Å². The molecule has 0 heterocycles. The molecule has 7 heteroatoms. The van der Waals surface area contributed by atoms with Crippen LogP contribution in [0.25, 0.3) is 0 Å². The number of amides is 1. The minimum Gasteiger partial charge on any atom is -0.482 e. The predicted molar refractivity (Wildman–Crippen MR) is 69.6 cm³/mol. The second-order valence-electron chi connectivity index (χ2n) is 4.63. The molecule has 114 valence electrons. The fourth-order valence-electron chi connectivity index (χ4n) is 1.66. The second kappa shape index (κ2) is 6.97. The van der Waals surface area contributed by atoms with Crippen molar-refractivity contribution in [2.24, 2.45) is 0 Å². The first-order valence-electron chi connectivity index (χ1n) is 6.22. The maximum Gasteiger partial charge on any atom is 0.406 e. The molecule has 0 fully saturated rings. The zero-order valence-electron chi connectivity index (χ0n) is 11.6. The molecule has 0 atom stereocenters. The topological polar surface area (TPSA) is 53.3 Å². The van der Waals surface area contributed by atoms with Crippen LogP contribution >= 0.6 is 0 Å². The Morgan fingerprint density at radius 2 is 2.00 bits per heavy atom. The van der Waals surface area contributed by atoms with Crippen molar-refractivity contribution in [1.82, 2.24) is 4.90 Å². The quantitative estimate of drug-likeness (QED) is 0.840. The first-order chi connectivity index (χ1) is 9.74. The molecule has 4 nitrogen and oxygen atoms in total. The van der Waals surface area contributed by atoms with E-state index in [1.807, 2.05) is 6.07 Å². The average molecular weight is 300 g/mol. The molecule has 0 saturated carbocycles. The molecule has 0 unspecified atom stereocenters. The average Bonchev–Trinajstić information content (AvgIpc) is 2.41. The van der Waals surface area contributed by atoms with Gasteiger partial charge in [0.15, 0.2) is 6.61 Å². The molecule has 1 aromatic carbocycles. The molecule has 0 aliphatic rings.